The van der Waals surface area contributed by atoms with Gasteiger partial charge in [-0.25, -0.2) is 4.18 Å². The third-order valence-corrected chi connectivity index (χ3v) is 6.41. The molecule has 27 heteroatoms. The summed E-state index contributed by atoms with van der Waals surface area (Å²) in [5.74, 6) is -7.31. The van der Waals surface area contributed by atoms with Crippen LogP contribution < -0.4 is 21.5 Å². The lowest BCUT2D eigenvalue weighted by molar-refractivity contribution is 0.0295. The fourth-order valence-corrected chi connectivity index (χ4v) is 5.13. The maximum atomic E-state index is 13.3. The molecule has 0 bridgehead atoms. The van der Waals surface area contributed by atoms with Crippen molar-refractivity contribution in [3.8, 4) is 28.7 Å². The second kappa shape index (κ2) is 11.0. The molecule has 0 spiro atoms. The van der Waals surface area contributed by atoms with E-state index in [4.69, 9.17) is 22.9 Å². The molecular formula is C15H12O22S5. The quantitative estimate of drug-likeness (QED) is 0.174. The molecule has 1 unspecified atom stereocenters. The van der Waals surface area contributed by atoms with Crippen LogP contribution in [-0.4, -0.2) is 76.7 Å². The zero-order chi connectivity index (χ0) is 32.1. The van der Waals surface area contributed by atoms with E-state index < -0.39 is 110 Å². The van der Waals surface area contributed by atoms with Gasteiger partial charge in [0, 0.05) is 12.1 Å². The summed E-state index contributed by atoms with van der Waals surface area (Å²) in [6, 6.07) is 2.43. The minimum Gasteiger partial charge on any atom is -0.481 e. The number of ketones is 1. The van der Waals surface area contributed by atoms with Gasteiger partial charge in [-0.2, -0.15) is 42.1 Å². The zero-order valence-corrected chi connectivity index (χ0v) is 23.3. The fourth-order valence-electron chi connectivity index (χ4n) is 3.26. The Morgan fingerprint density at radius 2 is 1.10 bits per heavy atom. The number of rotatable bonds is 11. The van der Waals surface area contributed by atoms with Gasteiger partial charge in [0.2, 0.25) is 5.78 Å². The van der Waals surface area contributed by atoms with E-state index >= 15 is 0 Å². The normalized spacial score (nSPS) is 18.0. The van der Waals surface area contributed by atoms with Crippen LogP contribution >= 0.6 is 0 Å². The number of fused-ring (bicyclic) bond motifs is 1. The van der Waals surface area contributed by atoms with Crippen LogP contribution in [0.15, 0.2) is 30.3 Å². The van der Waals surface area contributed by atoms with Crippen molar-refractivity contribution in [3.63, 3.8) is 0 Å². The average Bonchev–Trinajstić information content (AvgIpc) is 2.71. The van der Waals surface area contributed by atoms with Gasteiger partial charge < -0.3 is 21.5 Å². The van der Waals surface area contributed by atoms with Crippen molar-refractivity contribution in [2.45, 2.75) is 12.2 Å². The number of benzene rings is 2. The lowest BCUT2D eigenvalue weighted by Crippen LogP contribution is -2.40. The van der Waals surface area contributed by atoms with Crippen LogP contribution in [0.2, 0.25) is 0 Å². The van der Waals surface area contributed by atoms with Crippen LogP contribution in [0.1, 0.15) is 22.0 Å². The molecule has 22 nitrogen and oxygen atoms in total. The number of ether oxygens (including phenoxy) is 1. The van der Waals surface area contributed by atoms with E-state index in [0.717, 1.165) is 0 Å². The highest BCUT2D eigenvalue weighted by atomic mass is 32.3. The number of carbonyl (C=O) groups is 1. The number of Topliss-reactive ketones (excluding diaryl/α,β-unsaturated/α-hetero) is 1. The molecule has 1 aliphatic rings. The van der Waals surface area contributed by atoms with Crippen LogP contribution in [0.25, 0.3) is 0 Å². The molecule has 0 amide bonds. The Balaban J connectivity index is 2.30. The largest absolute Gasteiger partial charge is 0.481 e. The summed E-state index contributed by atoms with van der Waals surface area (Å²) < 4.78 is 184. The highest BCUT2D eigenvalue weighted by Gasteiger charge is 2.45. The molecule has 234 valence electrons. The van der Waals surface area contributed by atoms with E-state index in [2.05, 4.69) is 20.9 Å². The molecule has 0 fully saturated rings. The van der Waals surface area contributed by atoms with Crippen molar-refractivity contribution >= 4 is 57.8 Å². The molecule has 0 saturated heterocycles. The van der Waals surface area contributed by atoms with E-state index in [0.29, 0.717) is 30.3 Å². The molecular weight excluding hydrogens is 692 g/mol. The predicted octanol–water partition coefficient (Wildman–Crippen LogP) is -1.08. The molecule has 0 saturated carbocycles. The molecule has 2 atom stereocenters. The average molecular weight is 705 g/mol. The third kappa shape index (κ3) is 9.32. The minimum absolute atomic E-state index is 0.298. The van der Waals surface area contributed by atoms with E-state index in [1.54, 1.807) is 0 Å². The second-order valence-corrected chi connectivity index (χ2v) is 12.5. The molecule has 0 aromatic heterocycles. The monoisotopic (exact) mass is 704 g/mol. The number of carbonyl (C=O) groups excluding carboxylic acids is 1. The number of hydrogen-bond acceptors (Lipinski definition) is 17. The lowest BCUT2D eigenvalue weighted by atomic mass is 9.92. The molecule has 42 heavy (non-hydrogen) atoms. The summed E-state index contributed by atoms with van der Waals surface area (Å²) in [5, 5.41) is 0. The Kier molecular flexibility index (Phi) is 8.70. The van der Waals surface area contributed by atoms with Crippen LogP contribution in [0.4, 0.5) is 0 Å². The van der Waals surface area contributed by atoms with Crippen LogP contribution in [0, 0.1) is 0 Å². The van der Waals surface area contributed by atoms with Crippen molar-refractivity contribution in [1.82, 2.24) is 0 Å². The molecule has 1 heterocycles. The Bertz CT molecular complexity index is 1980. The summed E-state index contributed by atoms with van der Waals surface area (Å²) in [6.45, 7) is 0. The summed E-state index contributed by atoms with van der Waals surface area (Å²) in [4.78, 5) is 13.3. The highest BCUT2D eigenvalue weighted by Crippen LogP contribution is 2.45. The van der Waals surface area contributed by atoms with Crippen molar-refractivity contribution in [2.24, 2.45) is 0 Å². The maximum absolute atomic E-state index is 13.3. The number of hydrogen-bond donors (Lipinski definition) is 5. The zero-order valence-electron chi connectivity index (χ0n) is 19.3. The van der Waals surface area contributed by atoms with Gasteiger partial charge >= 0.3 is 52.0 Å². The van der Waals surface area contributed by atoms with Gasteiger partial charge in [-0.3, -0.25) is 27.6 Å². The van der Waals surface area contributed by atoms with Crippen molar-refractivity contribution in [2.75, 3.05) is 0 Å². The van der Waals surface area contributed by atoms with E-state index in [-0.39, 0.29) is 0 Å². The molecule has 0 aliphatic carbocycles. The molecule has 1 aliphatic heterocycles. The minimum atomic E-state index is -5.60. The van der Waals surface area contributed by atoms with E-state index in [1.807, 2.05) is 0 Å². The smallest absolute Gasteiger partial charge is 0.446 e. The van der Waals surface area contributed by atoms with Gasteiger partial charge in [0.1, 0.15) is 11.3 Å². The first-order valence-electron chi connectivity index (χ1n) is 9.66. The first-order valence-corrected chi connectivity index (χ1v) is 16.5. The first kappa shape index (κ1) is 33.1. The summed E-state index contributed by atoms with van der Waals surface area (Å²) in [7, 11) is -27.3. The topological polar surface area (TPSA) is 344 Å². The Morgan fingerprint density at radius 3 is 1.60 bits per heavy atom. The van der Waals surface area contributed by atoms with Crippen LogP contribution in [0.3, 0.4) is 0 Å². The summed E-state index contributed by atoms with van der Waals surface area (Å²) in [6.07, 6.45) is -4.81. The Morgan fingerprint density at radius 1 is 0.595 bits per heavy atom. The van der Waals surface area contributed by atoms with Gasteiger partial charge in [0.05, 0.1) is 0 Å². The van der Waals surface area contributed by atoms with Gasteiger partial charge in [-0.1, -0.05) is 6.07 Å². The molecule has 2 aromatic rings. The fraction of sp³-hybridized carbons (Fsp3) is 0.133. The van der Waals surface area contributed by atoms with Gasteiger partial charge in [0.15, 0.2) is 35.2 Å². The maximum Gasteiger partial charge on any atom is 0.446 e. The molecule has 3 rings (SSSR count). The van der Waals surface area contributed by atoms with Crippen molar-refractivity contribution in [3.05, 3.63) is 41.5 Å². The molecule has 0 radical (unpaired) electrons. The van der Waals surface area contributed by atoms with E-state index in [9.17, 15) is 51.4 Å². The second-order valence-electron chi connectivity index (χ2n) is 7.39. The van der Waals surface area contributed by atoms with Crippen LogP contribution in [-0.2, 0) is 56.2 Å². The standard InChI is InChI=1S/C15H12O22S5/c16-13-12-10(4-7(33-38(17,18)19)5-11(12)36-41(26,27)28)32-14(15(13)37-42(29,30)31)6-1-2-8(34-39(20,21)22)9(3-6)35-40(23,24)25/h1-5,14-15H,(H,17,18,19)(H,20,21,22)(H,23,24,25)(H,26,27,28)(H,29,30,31)/t14-,15?/m0/s1. The summed E-state index contributed by atoms with van der Waals surface area (Å²) in [5.41, 5.74) is -1.73. The van der Waals surface area contributed by atoms with Crippen molar-refractivity contribution < 1.29 is 95.3 Å². The van der Waals surface area contributed by atoms with Gasteiger partial charge in [0.25, 0.3) is 0 Å². The molecule has 5 N–H and O–H groups in total. The predicted molar refractivity (Wildman–Crippen MR) is 126 cm³/mol. The highest BCUT2D eigenvalue weighted by molar-refractivity contribution is 7.82. The Hall–Kier alpha value is -3.38. The van der Waals surface area contributed by atoms with Gasteiger partial charge in [-0.05, 0) is 17.7 Å². The third-order valence-electron chi connectivity index (χ3n) is 4.38. The van der Waals surface area contributed by atoms with Crippen molar-refractivity contribution in [1.29, 1.82) is 0 Å². The SMILES string of the molecule is O=C1c2c(cc(OS(=O)(=O)O)cc2OS(=O)(=O)O)O[C@@H](c2ccc(OS(=O)(=O)O)c(OS(=O)(=O)O)c2)C1OS(=O)(=O)O. The van der Waals surface area contributed by atoms with Crippen LogP contribution in [0.5, 0.6) is 28.7 Å². The molecule has 2 aromatic carbocycles. The van der Waals surface area contributed by atoms with Gasteiger partial charge in [-0.15, -0.1) is 0 Å². The Labute approximate surface area is 235 Å². The first-order chi connectivity index (χ1) is 18.8. The lowest BCUT2D eigenvalue weighted by Gasteiger charge is -2.32. The van der Waals surface area contributed by atoms with E-state index in [1.165, 1.54) is 0 Å². The summed E-state index contributed by atoms with van der Waals surface area (Å²) >= 11 is 0.